The highest BCUT2D eigenvalue weighted by Gasteiger charge is 2.21. The van der Waals surface area contributed by atoms with Crippen molar-refractivity contribution in [2.45, 2.75) is 25.4 Å². The van der Waals surface area contributed by atoms with E-state index in [1.807, 2.05) is 6.07 Å². The average molecular weight is 388 g/mol. The van der Waals surface area contributed by atoms with E-state index in [1.165, 1.54) is 27.3 Å². The first-order chi connectivity index (χ1) is 13.3. The Hall–Kier alpha value is -2.68. The number of halogens is 1. The van der Waals surface area contributed by atoms with Gasteiger partial charge in [0.2, 0.25) is 0 Å². The molecule has 0 bridgehead atoms. The van der Waals surface area contributed by atoms with Crippen LogP contribution in [-0.4, -0.2) is 11.8 Å². The minimum Gasteiger partial charge on any atom is -0.309 e. The van der Waals surface area contributed by atoms with Crippen LogP contribution < -0.4 is 5.32 Å². The zero-order valence-corrected chi connectivity index (χ0v) is 16.3. The number of hydrogen-bond acceptors (Lipinski definition) is 2. The van der Waals surface area contributed by atoms with Gasteiger partial charge in [0.1, 0.15) is 0 Å². The minimum atomic E-state index is 0. The monoisotopic (exact) mass is 387 g/mol. The van der Waals surface area contributed by atoms with Crippen LogP contribution in [0.25, 0.3) is 21.5 Å². The third-order valence-corrected chi connectivity index (χ3v) is 5.67. The van der Waals surface area contributed by atoms with Gasteiger partial charge in [0, 0.05) is 24.6 Å². The van der Waals surface area contributed by atoms with Crippen LogP contribution >= 0.6 is 12.4 Å². The molecule has 1 N–H and O–H groups in total. The number of Topliss-reactive ketones (excluding diaryl/α,β-unsaturated/α-hetero) is 1. The number of hydrogen-bond donors (Lipinski definition) is 1. The van der Waals surface area contributed by atoms with Gasteiger partial charge >= 0.3 is 0 Å². The van der Waals surface area contributed by atoms with Crippen LogP contribution in [0.15, 0.2) is 78.9 Å². The molecule has 0 saturated carbocycles. The predicted octanol–water partition coefficient (Wildman–Crippen LogP) is 5.70. The van der Waals surface area contributed by atoms with Gasteiger partial charge in [0.15, 0.2) is 5.78 Å². The van der Waals surface area contributed by atoms with E-state index in [9.17, 15) is 4.79 Å². The van der Waals surface area contributed by atoms with Crippen LogP contribution in [0.4, 0.5) is 0 Å². The van der Waals surface area contributed by atoms with Gasteiger partial charge in [0.25, 0.3) is 0 Å². The molecule has 4 aromatic carbocycles. The summed E-state index contributed by atoms with van der Waals surface area (Å²) in [5.41, 5.74) is 3.51. The molecule has 0 amide bonds. The first-order valence-electron chi connectivity index (χ1n) is 9.53. The molecule has 1 unspecified atom stereocenters. The second-order valence-electron chi connectivity index (χ2n) is 7.40. The predicted molar refractivity (Wildman–Crippen MR) is 118 cm³/mol. The van der Waals surface area contributed by atoms with Crippen LogP contribution in [0.3, 0.4) is 0 Å². The van der Waals surface area contributed by atoms with Gasteiger partial charge in [-0.1, -0.05) is 72.8 Å². The smallest absolute Gasteiger partial charge is 0.164 e. The number of rotatable bonds is 3. The number of ketones is 1. The second-order valence-corrected chi connectivity index (χ2v) is 7.40. The van der Waals surface area contributed by atoms with E-state index in [2.05, 4.69) is 78.1 Å². The molecule has 28 heavy (non-hydrogen) atoms. The Labute approximate surface area is 171 Å². The summed E-state index contributed by atoms with van der Waals surface area (Å²) >= 11 is 0. The van der Waals surface area contributed by atoms with Crippen LogP contribution in [0.5, 0.6) is 0 Å². The summed E-state index contributed by atoms with van der Waals surface area (Å²) in [5.74, 6) is 0.210. The van der Waals surface area contributed by atoms with Crippen LogP contribution in [0.1, 0.15) is 27.9 Å². The SMILES string of the molecule is Cl.O=C(CC1Cc2ccccc2CN1)c1ccc2ccc3ccccc3c2c1. The topological polar surface area (TPSA) is 29.1 Å². The van der Waals surface area contributed by atoms with Gasteiger partial charge in [0.05, 0.1) is 0 Å². The quantitative estimate of drug-likeness (QED) is 0.360. The van der Waals surface area contributed by atoms with Crippen molar-refractivity contribution in [3.63, 3.8) is 0 Å². The zero-order chi connectivity index (χ0) is 18.2. The zero-order valence-electron chi connectivity index (χ0n) is 15.5. The molecule has 1 aliphatic heterocycles. The van der Waals surface area contributed by atoms with Crippen LogP contribution in [0.2, 0.25) is 0 Å². The Kier molecular flexibility index (Phi) is 5.17. The molecule has 1 heterocycles. The molecular weight excluding hydrogens is 366 g/mol. The molecule has 2 nitrogen and oxygen atoms in total. The number of benzene rings is 4. The highest BCUT2D eigenvalue weighted by atomic mass is 35.5. The largest absolute Gasteiger partial charge is 0.309 e. The summed E-state index contributed by atoms with van der Waals surface area (Å²) in [6.07, 6.45) is 1.45. The summed E-state index contributed by atoms with van der Waals surface area (Å²) < 4.78 is 0. The Morgan fingerprint density at radius 1 is 0.821 bits per heavy atom. The van der Waals surface area contributed by atoms with Crippen molar-refractivity contribution >= 4 is 39.7 Å². The lowest BCUT2D eigenvalue weighted by molar-refractivity contribution is 0.0967. The standard InChI is InChI=1S/C25H21NO.ClH/c27-25(15-22-13-19-6-1-2-7-21(19)16-26-22)20-12-11-18-10-9-17-5-3-4-8-23(17)24(18)14-20;/h1-12,14,22,26H,13,15-16H2;1H. The molecule has 0 aromatic heterocycles. The maximum absolute atomic E-state index is 13.0. The van der Waals surface area contributed by atoms with Crippen molar-refractivity contribution in [3.05, 3.63) is 95.6 Å². The van der Waals surface area contributed by atoms with Gasteiger partial charge in [-0.05, 0) is 45.2 Å². The molecule has 0 radical (unpaired) electrons. The fourth-order valence-corrected chi connectivity index (χ4v) is 4.18. The summed E-state index contributed by atoms with van der Waals surface area (Å²) in [6, 6.07) is 27.4. The molecule has 140 valence electrons. The molecule has 0 fully saturated rings. The van der Waals surface area contributed by atoms with E-state index >= 15 is 0 Å². The fraction of sp³-hybridized carbons (Fsp3) is 0.160. The molecule has 4 aromatic rings. The summed E-state index contributed by atoms with van der Waals surface area (Å²) in [4.78, 5) is 13.0. The number of fused-ring (bicyclic) bond motifs is 4. The molecule has 0 aliphatic carbocycles. The lowest BCUT2D eigenvalue weighted by atomic mass is 9.91. The average Bonchev–Trinajstić information content (AvgIpc) is 2.73. The van der Waals surface area contributed by atoms with Crippen molar-refractivity contribution in [3.8, 4) is 0 Å². The lowest BCUT2D eigenvalue weighted by Crippen LogP contribution is -2.37. The Balaban J connectivity index is 0.00000192. The summed E-state index contributed by atoms with van der Waals surface area (Å²) in [6.45, 7) is 0.844. The number of carbonyl (C=O) groups is 1. The maximum atomic E-state index is 13.0. The van der Waals surface area contributed by atoms with Gasteiger partial charge < -0.3 is 5.32 Å². The second kappa shape index (κ2) is 7.75. The third-order valence-electron chi connectivity index (χ3n) is 5.67. The third kappa shape index (κ3) is 3.42. The van der Waals surface area contributed by atoms with Gasteiger partial charge in [-0.3, -0.25) is 4.79 Å². The highest BCUT2D eigenvalue weighted by molar-refractivity contribution is 6.10. The van der Waals surface area contributed by atoms with E-state index in [4.69, 9.17) is 0 Å². The molecule has 0 saturated heterocycles. The van der Waals surface area contributed by atoms with E-state index in [-0.39, 0.29) is 24.2 Å². The molecule has 5 rings (SSSR count). The van der Waals surface area contributed by atoms with Gasteiger partial charge in [-0.15, -0.1) is 12.4 Å². The van der Waals surface area contributed by atoms with E-state index in [1.54, 1.807) is 0 Å². The van der Waals surface area contributed by atoms with Crippen molar-refractivity contribution in [2.24, 2.45) is 0 Å². The fourth-order valence-electron chi connectivity index (χ4n) is 4.18. The van der Waals surface area contributed by atoms with Crippen molar-refractivity contribution in [1.29, 1.82) is 0 Å². The van der Waals surface area contributed by atoms with Gasteiger partial charge in [-0.25, -0.2) is 0 Å². The Morgan fingerprint density at radius 2 is 1.50 bits per heavy atom. The first-order valence-corrected chi connectivity index (χ1v) is 9.53. The molecular formula is C25H22ClNO. The Bertz CT molecular complexity index is 1170. The van der Waals surface area contributed by atoms with E-state index in [0.717, 1.165) is 23.9 Å². The van der Waals surface area contributed by atoms with E-state index < -0.39 is 0 Å². The highest BCUT2D eigenvalue weighted by Crippen LogP contribution is 2.27. The summed E-state index contributed by atoms with van der Waals surface area (Å²) in [7, 11) is 0. The maximum Gasteiger partial charge on any atom is 0.164 e. The molecule has 3 heteroatoms. The molecule has 0 spiro atoms. The van der Waals surface area contributed by atoms with Crippen LogP contribution in [-0.2, 0) is 13.0 Å². The van der Waals surface area contributed by atoms with Gasteiger partial charge in [-0.2, -0.15) is 0 Å². The summed E-state index contributed by atoms with van der Waals surface area (Å²) in [5, 5.41) is 8.26. The van der Waals surface area contributed by atoms with Crippen molar-refractivity contribution < 1.29 is 4.79 Å². The minimum absolute atomic E-state index is 0. The van der Waals surface area contributed by atoms with Crippen molar-refractivity contribution in [2.75, 3.05) is 0 Å². The molecule has 1 aliphatic rings. The number of nitrogens with one attached hydrogen (secondary N) is 1. The van der Waals surface area contributed by atoms with Crippen molar-refractivity contribution in [1.82, 2.24) is 5.32 Å². The lowest BCUT2D eigenvalue weighted by Gasteiger charge is -2.25. The van der Waals surface area contributed by atoms with E-state index in [0.29, 0.717) is 6.42 Å². The Morgan fingerprint density at radius 3 is 2.36 bits per heavy atom. The molecule has 1 atom stereocenters. The normalized spacial score (nSPS) is 15.8. The first kappa shape index (κ1) is 18.7. The van der Waals surface area contributed by atoms with Crippen LogP contribution in [0, 0.1) is 0 Å². The number of carbonyl (C=O) groups excluding carboxylic acids is 1.